The van der Waals surface area contributed by atoms with E-state index in [0.29, 0.717) is 49.6 Å². The molecule has 0 spiro atoms. The molecular formula is C17H23Cl3FeN3O4. The summed E-state index contributed by atoms with van der Waals surface area (Å²) in [6.07, 6.45) is 0. The molecule has 3 heterocycles. The molecule has 0 saturated heterocycles. The summed E-state index contributed by atoms with van der Waals surface area (Å²) in [5.41, 5.74) is 0.582. The van der Waals surface area contributed by atoms with Gasteiger partial charge in [0.2, 0.25) is 11.8 Å². The van der Waals surface area contributed by atoms with Crippen LogP contribution < -0.4 is 37.2 Å². The van der Waals surface area contributed by atoms with Crippen molar-refractivity contribution in [1.29, 1.82) is 0 Å². The van der Waals surface area contributed by atoms with E-state index < -0.39 is 0 Å². The number of aliphatic imine (C=N–C) groups is 2. The minimum absolute atomic E-state index is 0. The molecule has 2 aliphatic rings. The molecule has 11 heteroatoms. The SMILES string of the molecule is COCC1(C)COC(c2cccc(C3=NC(C)(COC)CO3)n2)=N1.[Cl-].[Cl-].[Cl-].[Fe+3]. The molecule has 0 N–H and O–H groups in total. The van der Waals surface area contributed by atoms with Crippen molar-refractivity contribution < 1.29 is 73.2 Å². The van der Waals surface area contributed by atoms with E-state index in [1.807, 2.05) is 32.0 Å². The number of methoxy groups -OCH3 is 2. The van der Waals surface area contributed by atoms with Gasteiger partial charge in [0, 0.05) is 14.2 Å². The first-order chi connectivity index (χ1) is 11.5. The first-order valence-corrected chi connectivity index (χ1v) is 7.88. The van der Waals surface area contributed by atoms with Crippen molar-refractivity contribution in [1.82, 2.24) is 4.98 Å². The fourth-order valence-corrected chi connectivity index (χ4v) is 2.77. The smallest absolute Gasteiger partial charge is 1.00 e. The van der Waals surface area contributed by atoms with E-state index in [9.17, 15) is 0 Å². The van der Waals surface area contributed by atoms with Gasteiger partial charge in [-0.2, -0.15) is 0 Å². The van der Waals surface area contributed by atoms with Crippen molar-refractivity contribution in [3.63, 3.8) is 0 Å². The second kappa shape index (κ2) is 12.2. The van der Waals surface area contributed by atoms with Gasteiger partial charge in [0.05, 0.1) is 13.2 Å². The Bertz CT molecular complexity index is 642. The minimum atomic E-state index is -0.375. The third-order valence-corrected chi connectivity index (χ3v) is 3.88. The number of pyridine rings is 1. The Morgan fingerprint density at radius 2 is 1.25 bits per heavy atom. The maximum absolute atomic E-state index is 5.71. The summed E-state index contributed by atoms with van der Waals surface area (Å²) >= 11 is 0. The van der Waals surface area contributed by atoms with Gasteiger partial charge in [-0.3, -0.25) is 0 Å². The van der Waals surface area contributed by atoms with Crippen molar-refractivity contribution in [2.45, 2.75) is 24.9 Å². The molecule has 0 aromatic carbocycles. The number of aromatic nitrogens is 1. The minimum Gasteiger partial charge on any atom is -1.00 e. The number of hydrogen-bond donors (Lipinski definition) is 0. The standard InChI is InChI=1S/C17H23N3O4.3ClH.Fe/c1-16(8-21-3)10-23-14(19-16)12-6-5-7-13(18-12)15-20-17(2,9-22-4)11-24-15;;;;/h5-7H,8-11H2,1-4H3;3*1H;/q;;;;+3/p-3. The van der Waals surface area contributed by atoms with Crippen LogP contribution in [-0.4, -0.2) is 68.5 Å². The molecule has 0 saturated carbocycles. The number of ether oxygens (including phenoxy) is 4. The van der Waals surface area contributed by atoms with Crippen LogP contribution in [0, 0.1) is 0 Å². The predicted octanol–water partition coefficient (Wildman–Crippen LogP) is -7.55. The summed E-state index contributed by atoms with van der Waals surface area (Å²) in [7, 11) is 3.31. The molecule has 0 amide bonds. The molecule has 0 bridgehead atoms. The fraction of sp³-hybridized carbons (Fsp3) is 0.588. The molecule has 7 nitrogen and oxygen atoms in total. The van der Waals surface area contributed by atoms with Gasteiger partial charge in [0.1, 0.15) is 35.7 Å². The average molecular weight is 496 g/mol. The number of hydrogen-bond acceptors (Lipinski definition) is 7. The average Bonchev–Trinajstić information content (AvgIpc) is 3.12. The van der Waals surface area contributed by atoms with Crippen LogP contribution in [0.4, 0.5) is 0 Å². The van der Waals surface area contributed by atoms with E-state index in [2.05, 4.69) is 15.0 Å². The zero-order valence-electron chi connectivity index (χ0n) is 16.0. The van der Waals surface area contributed by atoms with Gasteiger partial charge in [-0.15, -0.1) is 0 Å². The van der Waals surface area contributed by atoms with E-state index in [4.69, 9.17) is 18.9 Å². The normalized spacial score (nSPS) is 24.9. The third kappa shape index (κ3) is 6.73. The Labute approximate surface area is 194 Å². The van der Waals surface area contributed by atoms with Crippen molar-refractivity contribution in [3.05, 3.63) is 29.6 Å². The summed E-state index contributed by atoms with van der Waals surface area (Å²) in [4.78, 5) is 13.8. The molecule has 2 atom stereocenters. The number of halogens is 3. The fourth-order valence-electron chi connectivity index (χ4n) is 2.77. The first kappa shape index (κ1) is 29.6. The van der Waals surface area contributed by atoms with Crippen molar-refractivity contribution >= 4 is 11.8 Å². The van der Waals surface area contributed by atoms with E-state index in [-0.39, 0.29) is 65.4 Å². The summed E-state index contributed by atoms with van der Waals surface area (Å²) in [5, 5.41) is 0. The molecule has 28 heavy (non-hydrogen) atoms. The van der Waals surface area contributed by atoms with Crippen LogP contribution in [0.1, 0.15) is 25.2 Å². The van der Waals surface area contributed by atoms with Crippen LogP contribution in [0.3, 0.4) is 0 Å². The molecule has 1 aromatic heterocycles. The summed E-state index contributed by atoms with van der Waals surface area (Å²) in [5.74, 6) is 1.05. The Morgan fingerprint density at radius 1 is 0.857 bits per heavy atom. The second-order valence-corrected chi connectivity index (χ2v) is 6.68. The van der Waals surface area contributed by atoms with Crippen LogP contribution in [-0.2, 0) is 36.0 Å². The topological polar surface area (TPSA) is 74.5 Å². The van der Waals surface area contributed by atoms with Crippen LogP contribution in [0.15, 0.2) is 28.2 Å². The third-order valence-electron chi connectivity index (χ3n) is 3.88. The van der Waals surface area contributed by atoms with E-state index >= 15 is 0 Å². The Kier molecular flexibility index (Phi) is 12.9. The zero-order valence-corrected chi connectivity index (χ0v) is 19.4. The molecule has 1 aromatic rings. The van der Waals surface area contributed by atoms with E-state index in [0.717, 1.165) is 0 Å². The Balaban J connectivity index is 0. The first-order valence-electron chi connectivity index (χ1n) is 7.88. The molecule has 0 aliphatic carbocycles. The summed E-state index contributed by atoms with van der Waals surface area (Å²) in [6, 6.07) is 5.63. The van der Waals surface area contributed by atoms with Gasteiger partial charge in [-0.05, 0) is 26.0 Å². The number of nitrogens with zero attached hydrogens (tertiary/aromatic N) is 3. The van der Waals surface area contributed by atoms with Gasteiger partial charge in [0.25, 0.3) is 0 Å². The summed E-state index contributed by atoms with van der Waals surface area (Å²) in [6.45, 7) is 5.95. The molecular weight excluding hydrogens is 472 g/mol. The Hall–Kier alpha value is -0.601. The van der Waals surface area contributed by atoms with E-state index in [1.165, 1.54) is 0 Å². The van der Waals surface area contributed by atoms with Crippen molar-refractivity contribution in [3.8, 4) is 0 Å². The van der Waals surface area contributed by atoms with Crippen molar-refractivity contribution in [2.75, 3.05) is 40.6 Å². The maximum Gasteiger partial charge on any atom is 3.00 e. The molecule has 0 fully saturated rings. The largest absolute Gasteiger partial charge is 3.00 e. The molecule has 2 unspecified atom stereocenters. The number of rotatable bonds is 6. The molecule has 159 valence electrons. The molecule has 1 radical (unpaired) electrons. The van der Waals surface area contributed by atoms with Crippen LogP contribution in [0.5, 0.6) is 0 Å². The Morgan fingerprint density at radius 3 is 1.61 bits per heavy atom. The summed E-state index contributed by atoms with van der Waals surface area (Å²) < 4.78 is 21.8. The molecule has 2 aliphatic heterocycles. The monoisotopic (exact) mass is 494 g/mol. The predicted molar refractivity (Wildman–Crippen MR) is 89.8 cm³/mol. The van der Waals surface area contributed by atoms with Crippen LogP contribution in [0.2, 0.25) is 0 Å². The second-order valence-electron chi connectivity index (χ2n) is 6.68. The van der Waals surface area contributed by atoms with Crippen LogP contribution in [0.25, 0.3) is 0 Å². The van der Waals surface area contributed by atoms with Gasteiger partial charge in [-0.1, -0.05) is 6.07 Å². The van der Waals surface area contributed by atoms with Gasteiger partial charge in [-0.25, -0.2) is 15.0 Å². The van der Waals surface area contributed by atoms with Gasteiger partial charge in [0.15, 0.2) is 0 Å². The van der Waals surface area contributed by atoms with E-state index in [1.54, 1.807) is 14.2 Å². The van der Waals surface area contributed by atoms with Gasteiger partial charge < -0.3 is 56.2 Å². The maximum atomic E-state index is 5.71. The van der Waals surface area contributed by atoms with Gasteiger partial charge >= 0.3 is 17.1 Å². The van der Waals surface area contributed by atoms with Crippen LogP contribution >= 0.6 is 0 Å². The molecule has 3 rings (SSSR count). The quantitative estimate of drug-likeness (QED) is 0.367. The van der Waals surface area contributed by atoms with Crippen molar-refractivity contribution in [2.24, 2.45) is 9.98 Å². The zero-order chi connectivity index (χ0) is 17.2.